The predicted octanol–water partition coefficient (Wildman–Crippen LogP) is 4.07. The van der Waals surface area contributed by atoms with Crippen LogP contribution in [0.5, 0.6) is 5.75 Å². The highest BCUT2D eigenvalue weighted by atomic mass is 28.3. The van der Waals surface area contributed by atoms with Crippen LogP contribution in [0.25, 0.3) is 0 Å². The van der Waals surface area contributed by atoms with Gasteiger partial charge in [0.1, 0.15) is 13.8 Å². The van der Waals surface area contributed by atoms with E-state index in [0.29, 0.717) is 5.75 Å². The first kappa shape index (κ1) is 14.9. The molecular formula is C17H24O2Si. The second-order valence-corrected chi connectivity index (χ2v) is 11.1. The molecule has 1 aromatic carbocycles. The molecule has 20 heavy (non-hydrogen) atoms. The Morgan fingerprint density at radius 2 is 1.85 bits per heavy atom. The molecule has 0 atom stereocenters. The van der Waals surface area contributed by atoms with Gasteiger partial charge < -0.3 is 9.52 Å². The highest BCUT2D eigenvalue weighted by molar-refractivity contribution is 6.88. The monoisotopic (exact) mass is 288 g/mol. The SMILES string of the molecule is Cc1cc(CC[Si](C)(C)c2ccco2)c(C)c(C)c1O. The first-order chi connectivity index (χ1) is 9.33. The number of rotatable bonds is 4. The van der Waals surface area contributed by atoms with E-state index in [0.717, 1.165) is 23.6 Å². The Hall–Kier alpha value is -1.48. The highest BCUT2D eigenvalue weighted by Crippen LogP contribution is 2.29. The molecule has 0 aliphatic heterocycles. The van der Waals surface area contributed by atoms with E-state index < -0.39 is 8.07 Å². The molecule has 0 unspecified atom stereocenters. The Labute approximate surface area is 122 Å². The van der Waals surface area contributed by atoms with Crippen LogP contribution in [0.3, 0.4) is 0 Å². The molecule has 2 aromatic rings. The Bertz CT molecular complexity index is 598. The average Bonchev–Trinajstić information content (AvgIpc) is 2.94. The maximum atomic E-state index is 9.98. The molecule has 108 valence electrons. The van der Waals surface area contributed by atoms with Crippen LogP contribution in [0.4, 0.5) is 0 Å². The Morgan fingerprint density at radius 3 is 2.45 bits per heavy atom. The third-order valence-electron chi connectivity index (χ3n) is 4.37. The predicted molar refractivity (Wildman–Crippen MR) is 86.7 cm³/mol. The molecule has 0 aliphatic rings. The summed E-state index contributed by atoms with van der Waals surface area (Å²) < 4.78 is 5.61. The van der Waals surface area contributed by atoms with Gasteiger partial charge in [-0.05, 0) is 67.6 Å². The lowest BCUT2D eigenvalue weighted by atomic mass is 9.97. The zero-order valence-corrected chi connectivity index (χ0v) is 14.1. The fourth-order valence-corrected chi connectivity index (χ4v) is 4.72. The van der Waals surface area contributed by atoms with Crippen LogP contribution >= 0.6 is 0 Å². The van der Waals surface area contributed by atoms with Crippen LogP contribution in [0.1, 0.15) is 22.3 Å². The molecule has 0 saturated carbocycles. The van der Waals surface area contributed by atoms with E-state index in [4.69, 9.17) is 4.42 Å². The summed E-state index contributed by atoms with van der Waals surface area (Å²) in [5, 5.41) is 11.2. The number of phenolic OH excluding ortho intramolecular Hbond substituents is 1. The van der Waals surface area contributed by atoms with Crippen molar-refractivity contribution in [2.24, 2.45) is 0 Å². The van der Waals surface area contributed by atoms with Gasteiger partial charge >= 0.3 is 0 Å². The van der Waals surface area contributed by atoms with Gasteiger partial charge in [0.2, 0.25) is 0 Å². The van der Waals surface area contributed by atoms with Crippen molar-refractivity contribution in [3.05, 3.63) is 46.7 Å². The van der Waals surface area contributed by atoms with Gasteiger partial charge in [-0.15, -0.1) is 0 Å². The van der Waals surface area contributed by atoms with Crippen molar-refractivity contribution in [2.75, 3.05) is 0 Å². The zero-order valence-electron chi connectivity index (χ0n) is 13.1. The van der Waals surface area contributed by atoms with Crippen molar-refractivity contribution < 1.29 is 9.52 Å². The summed E-state index contributed by atoms with van der Waals surface area (Å²) in [5.41, 5.74) is 4.56. The number of phenols is 1. The summed E-state index contributed by atoms with van der Waals surface area (Å²) in [6.07, 6.45) is 2.82. The van der Waals surface area contributed by atoms with E-state index >= 15 is 0 Å². The zero-order chi connectivity index (χ0) is 14.9. The first-order valence-corrected chi connectivity index (χ1v) is 10.4. The standard InChI is InChI=1S/C17H24O2Si/c1-12-11-15(13(2)14(3)17(12)18)8-10-20(4,5)16-7-6-9-19-16/h6-7,9,11,18H,8,10H2,1-5H3. The molecule has 0 spiro atoms. The van der Waals surface area contributed by atoms with Crippen LogP contribution in [0, 0.1) is 20.8 Å². The van der Waals surface area contributed by atoms with Gasteiger partial charge in [-0.2, -0.15) is 0 Å². The van der Waals surface area contributed by atoms with E-state index in [1.807, 2.05) is 19.9 Å². The van der Waals surface area contributed by atoms with Gasteiger partial charge in [-0.3, -0.25) is 0 Å². The molecule has 0 radical (unpaired) electrons. The molecule has 0 fully saturated rings. The molecule has 1 aromatic heterocycles. The van der Waals surface area contributed by atoms with Gasteiger partial charge in [-0.25, -0.2) is 0 Å². The van der Waals surface area contributed by atoms with E-state index in [2.05, 4.69) is 32.2 Å². The second kappa shape index (κ2) is 5.48. The lowest BCUT2D eigenvalue weighted by Gasteiger charge is -2.21. The molecule has 2 nitrogen and oxygen atoms in total. The van der Waals surface area contributed by atoms with Gasteiger partial charge in [0.05, 0.1) is 11.6 Å². The van der Waals surface area contributed by atoms with Gasteiger partial charge in [-0.1, -0.05) is 19.2 Å². The van der Waals surface area contributed by atoms with Crippen molar-refractivity contribution in [3.63, 3.8) is 0 Å². The van der Waals surface area contributed by atoms with Gasteiger partial charge in [0.15, 0.2) is 0 Å². The lowest BCUT2D eigenvalue weighted by Crippen LogP contribution is -2.40. The lowest BCUT2D eigenvalue weighted by molar-refractivity contribution is 0.466. The minimum atomic E-state index is -1.51. The van der Waals surface area contributed by atoms with Crippen LogP contribution < -0.4 is 5.38 Å². The van der Waals surface area contributed by atoms with Crippen molar-refractivity contribution in [1.29, 1.82) is 0 Å². The smallest absolute Gasteiger partial charge is 0.126 e. The van der Waals surface area contributed by atoms with Crippen LogP contribution in [0.15, 0.2) is 28.9 Å². The van der Waals surface area contributed by atoms with Crippen LogP contribution in [-0.4, -0.2) is 13.2 Å². The number of hydrogen-bond donors (Lipinski definition) is 1. The van der Waals surface area contributed by atoms with Crippen molar-refractivity contribution in [3.8, 4) is 5.75 Å². The Balaban J connectivity index is 2.20. The van der Waals surface area contributed by atoms with E-state index in [9.17, 15) is 5.11 Å². The number of benzene rings is 1. The summed E-state index contributed by atoms with van der Waals surface area (Å²) in [6.45, 7) is 10.8. The largest absolute Gasteiger partial charge is 0.507 e. The molecule has 0 saturated heterocycles. The van der Waals surface area contributed by atoms with E-state index in [-0.39, 0.29) is 0 Å². The molecule has 1 heterocycles. The van der Waals surface area contributed by atoms with E-state index in [1.54, 1.807) is 6.26 Å². The third-order valence-corrected chi connectivity index (χ3v) is 7.49. The number of furan rings is 1. The highest BCUT2D eigenvalue weighted by Gasteiger charge is 2.26. The Morgan fingerprint density at radius 1 is 1.15 bits per heavy atom. The normalized spacial score (nSPS) is 11.8. The molecule has 2 rings (SSSR count). The maximum absolute atomic E-state index is 9.98. The third kappa shape index (κ3) is 2.83. The molecule has 0 bridgehead atoms. The van der Waals surface area contributed by atoms with Crippen LogP contribution in [0.2, 0.25) is 19.1 Å². The minimum absolute atomic E-state index is 0.439. The molecule has 1 N–H and O–H groups in total. The fourth-order valence-electron chi connectivity index (χ4n) is 2.65. The number of aryl methyl sites for hydroxylation is 2. The van der Waals surface area contributed by atoms with Crippen LogP contribution in [-0.2, 0) is 6.42 Å². The number of aromatic hydroxyl groups is 1. The number of hydrogen-bond acceptors (Lipinski definition) is 2. The molecule has 0 amide bonds. The maximum Gasteiger partial charge on any atom is 0.126 e. The van der Waals surface area contributed by atoms with E-state index in [1.165, 1.54) is 16.5 Å². The average molecular weight is 288 g/mol. The first-order valence-electron chi connectivity index (χ1n) is 7.15. The van der Waals surface area contributed by atoms with Gasteiger partial charge in [0, 0.05) is 0 Å². The minimum Gasteiger partial charge on any atom is -0.507 e. The second-order valence-electron chi connectivity index (χ2n) is 6.31. The van der Waals surface area contributed by atoms with Crippen molar-refractivity contribution >= 4 is 13.5 Å². The molecule has 3 heteroatoms. The summed E-state index contributed by atoms with van der Waals surface area (Å²) in [4.78, 5) is 0. The van der Waals surface area contributed by atoms with Gasteiger partial charge in [0.25, 0.3) is 0 Å². The van der Waals surface area contributed by atoms with Crippen molar-refractivity contribution in [1.82, 2.24) is 0 Å². The Kier molecular flexibility index (Phi) is 4.09. The summed E-state index contributed by atoms with van der Waals surface area (Å²) in [6, 6.07) is 7.37. The topological polar surface area (TPSA) is 33.4 Å². The summed E-state index contributed by atoms with van der Waals surface area (Å²) in [7, 11) is -1.51. The molecular weight excluding hydrogens is 264 g/mol. The van der Waals surface area contributed by atoms with Crippen molar-refractivity contribution in [2.45, 2.75) is 46.3 Å². The summed E-state index contributed by atoms with van der Waals surface area (Å²) in [5.74, 6) is 0.439. The summed E-state index contributed by atoms with van der Waals surface area (Å²) >= 11 is 0. The quantitative estimate of drug-likeness (QED) is 0.860. The fraction of sp³-hybridized carbons (Fsp3) is 0.412. The molecule has 0 aliphatic carbocycles.